The molecule has 3 N–H and O–H groups in total. The Hall–Kier alpha value is -1.82. The predicted octanol–water partition coefficient (Wildman–Crippen LogP) is 0.204. The molecule has 0 aromatic carbocycles. The monoisotopic (exact) mass is 242 g/mol. The Labute approximate surface area is 100 Å². The number of nitrogens with one attached hydrogen (secondary N) is 1. The van der Waals surface area contributed by atoms with Gasteiger partial charge >= 0.3 is 12.0 Å². The average molecular weight is 242 g/mol. The second-order valence-corrected chi connectivity index (χ2v) is 3.49. The third-order valence-corrected chi connectivity index (χ3v) is 2.01. The topological polar surface area (TPSA) is 89.9 Å². The number of aliphatic carboxylic acids is 1. The number of carbonyl (C=O) groups is 2. The van der Waals surface area contributed by atoms with Gasteiger partial charge in [0.1, 0.15) is 0 Å². The van der Waals surface area contributed by atoms with Crippen LogP contribution in [-0.4, -0.2) is 52.3 Å². The maximum absolute atomic E-state index is 11.7. The molecule has 0 aliphatic rings. The highest BCUT2D eigenvalue weighted by Crippen LogP contribution is 1.97. The first-order valence-corrected chi connectivity index (χ1v) is 5.12. The Morgan fingerprint density at radius 1 is 1.35 bits per heavy atom. The SMILES string of the molecule is C=CCN(CC=C)C(=O)N[C@H](C(=O)O)[C@@H](C)O. The first kappa shape index (κ1) is 15.2. The van der Waals surface area contributed by atoms with Gasteiger partial charge in [0, 0.05) is 13.1 Å². The molecule has 0 aromatic rings. The molecule has 0 aromatic heterocycles. The standard InChI is InChI=1S/C11H18N2O4/c1-4-6-13(7-5-2)11(17)12-9(8(3)14)10(15)16/h4-5,8-9,14H,1-2,6-7H2,3H3,(H,12,17)(H,15,16)/t8-,9+/m1/s1. The van der Waals surface area contributed by atoms with Crippen LogP contribution < -0.4 is 5.32 Å². The van der Waals surface area contributed by atoms with Gasteiger partial charge in [-0.25, -0.2) is 9.59 Å². The molecule has 6 heteroatoms. The quantitative estimate of drug-likeness (QED) is 0.556. The molecule has 0 aliphatic heterocycles. The van der Waals surface area contributed by atoms with E-state index in [1.807, 2.05) is 0 Å². The molecule has 0 saturated carbocycles. The summed E-state index contributed by atoms with van der Waals surface area (Å²) < 4.78 is 0. The highest BCUT2D eigenvalue weighted by atomic mass is 16.4. The summed E-state index contributed by atoms with van der Waals surface area (Å²) >= 11 is 0. The Morgan fingerprint density at radius 2 is 1.82 bits per heavy atom. The zero-order valence-electron chi connectivity index (χ0n) is 9.80. The molecule has 0 aliphatic carbocycles. The number of amides is 2. The number of aliphatic hydroxyl groups excluding tert-OH is 1. The van der Waals surface area contributed by atoms with E-state index in [0.29, 0.717) is 0 Å². The largest absolute Gasteiger partial charge is 0.480 e. The van der Waals surface area contributed by atoms with Gasteiger partial charge in [-0.2, -0.15) is 0 Å². The van der Waals surface area contributed by atoms with E-state index in [2.05, 4.69) is 18.5 Å². The van der Waals surface area contributed by atoms with Gasteiger partial charge < -0.3 is 20.4 Å². The van der Waals surface area contributed by atoms with E-state index in [1.165, 1.54) is 24.0 Å². The summed E-state index contributed by atoms with van der Waals surface area (Å²) in [4.78, 5) is 23.8. The van der Waals surface area contributed by atoms with Gasteiger partial charge in [0.05, 0.1) is 6.10 Å². The lowest BCUT2D eigenvalue weighted by atomic mass is 10.2. The molecule has 6 nitrogen and oxygen atoms in total. The van der Waals surface area contributed by atoms with Crippen molar-refractivity contribution in [3.63, 3.8) is 0 Å². The minimum atomic E-state index is -1.33. The number of nitrogens with zero attached hydrogens (tertiary/aromatic N) is 1. The van der Waals surface area contributed by atoms with Crippen LogP contribution in [0, 0.1) is 0 Å². The van der Waals surface area contributed by atoms with Crippen molar-refractivity contribution in [2.45, 2.75) is 19.1 Å². The third kappa shape index (κ3) is 5.17. The zero-order chi connectivity index (χ0) is 13.4. The Balaban J connectivity index is 4.60. The smallest absolute Gasteiger partial charge is 0.328 e. The number of rotatable bonds is 7. The van der Waals surface area contributed by atoms with Crippen LogP contribution in [0.25, 0.3) is 0 Å². The minimum Gasteiger partial charge on any atom is -0.480 e. The second-order valence-electron chi connectivity index (χ2n) is 3.49. The summed E-state index contributed by atoms with van der Waals surface area (Å²) in [6, 6.07) is -1.92. The minimum absolute atomic E-state index is 0.268. The van der Waals surface area contributed by atoms with Crippen molar-refractivity contribution in [3.8, 4) is 0 Å². The Kier molecular flexibility index (Phi) is 6.65. The molecule has 0 heterocycles. The summed E-state index contributed by atoms with van der Waals surface area (Å²) in [5.41, 5.74) is 0. The van der Waals surface area contributed by atoms with Crippen LogP contribution in [0.2, 0.25) is 0 Å². The number of urea groups is 1. The number of aliphatic hydroxyl groups is 1. The molecule has 0 fully saturated rings. The number of carboxylic acids is 1. The lowest BCUT2D eigenvalue weighted by molar-refractivity contribution is -0.141. The fourth-order valence-corrected chi connectivity index (χ4v) is 1.17. The molecular formula is C11H18N2O4. The molecule has 2 amide bonds. The summed E-state index contributed by atoms with van der Waals surface area (Å²) in [7, 11) is 0. The number of carbonyl (C=O) groups excluding carboxylic acids is 1. The van der Waals surface area contributed by atoms with Crippen LogP contribution in [0.5, 0.6) is 0 Å². The van der Waals surface area contributed by atoms with Gasteiger partial charge in [-0.15, -0.1) is 13.2 Å². The fraction of sp³-hybridized carbons (Fsp3) is 0.455. The molecular weight excluding hydrogens is 224 g/mol. The van der Waals surface area contributed by atoms with Gasteiger partial charge in [-0.1, -0.05) is 12.2 Å². The van der Waals surface area contributed by atoms with E-state index in [1.54, 1.807) is 0 Å². The maximum atomic E-state index is 11.7. The van der Waals surface area contributed by atoms with E-state index < -0.39 is 24.1 Å². The van der Waals surface area contributed by atoms with Crippen LogP contribution in [-0.2, 0) is 4.79 Å². The highest BCUT2D eigenvalue weighted by Gasteiger charge is 2.26. The van der Waals surface area contributed by atoms with Crippen molar-refractivity contribution in [1.82, 2.24) is 10.2 Å². The van der Waals surface area contributed by atoms with Crippen molar-refractivity contribution in [2.75, 3.05) is 13.1 Å². The number of hydrogen-bond acceptors (Lipinski definition) is 3. The van der Waals surface area contributed by atoms with Crippen molar-refractivity contribution in [2.24, 2.45) is 0 Å². The van der Waals surface area contributed by atoms with Crippen LogP contribution in [0.4, 0.5) is 4.79 Å². The first-order chi connectivity index (χ1) is 7.93. The molecule has 17 heavy (non-hydrogen) atoms. The van der Waals surface area contributed by atoms with Crippen LogP contribution in [0.3, 0.4) is 0 Å². The molecule has 2 atom stereocenters. The van der Waals surface area contributed by atoms with Crippen molar-refractivity contribution < 1.29 is 19.8 Å². The van der Waals surface area contributed by atoms with Crippen LogP contribution in [0.15, 0.2) is 25.3 Å². The molecule has 96 valence electrons. The van der Waals surface area contributed by atoms with E-state index in [4.69, 9.17) is 5.11 Å². The van der Waals surface area contributed by atoms with E-state index >= 15 is 0 Å². The van der Waals surface area contributed by atoms with E-state index in [-0.39, 0.29) is 13.1 Å². The Morgan fingerprint density at radius 3 is 2.12 bits per heavy atom. The first-order valence-electron chi connectivity index (χ1n) is 5.12. The van der Waals surface area contributed by atoms with Crippen LogP contribution in [0.1, 0.15) is 6.92 Å². The lowest BCUT2D eigenvalue weighted by Crippen LogP contribution is -2.52. The van der Waals surface area contributed by atoms with E-state index in [0.717, 1.165) is 0 Å². The predicted molar refractivity (Wildman–Crippen MR) is 63.6 cm³/mol. The lowest BCUT2D eigenvalue weighted by Gasteiger charge is -2.24. The summed E-state index contributed by atoms with van der Waals surface area (Å²) in [5, 5.41) is 20.2. The molecule has 0 rings (SSSR count). The zero-order valence-corrected chi connectivity index (χ0v) is 9.80. The van der Waals surface area contributed by atoms with Gasteiger partial charge in [-0.3, -0.25) is 0 Å². The summed E-state index contributed by atoms with van der Waals surface area (Å²) in [6.07, 6.45) is 1.85. The molecule has 0 unspecified atom stereocenters. The van der Waals surface area contributed by atoms with Gasteiger partial charge in [0.15, 0.2) is 6.04 Å². The molecule has 0 saturated heterocycles. The third-order valence-electron chi connectivity index (χ3n) is 2.01. The second kappa shape index (κ2) is 7.45. The fourth-order valence-electron chi connectivity index (χ4n) is 1.17. The molecule has 0 spiro atoms. The highest BCUT2D eigenvalue weighted by molar-refractivity contribution is 5.83. The normalized spacial score (nSPS) is 13.3. The van der Waals surface area contributed by atoms with Gasteiger partial charge in [0.2, 0.25) is 0 Å². The van der Waals surface area contributed by atoms with Crippen LogP contribution >= 0.6 is 0 Å². The van der Waals surface area contributed by atoms with Crippen molar-refractivity contribution in [3.05, 3.63) is 25.3 Å². The van der Waals surface area contributed by atoms with Crippen molar-refractivity contribution >= 4 is 12.0 Å². The average Bonchev–Trinajstić information content (AvgIpc) is 2.24. The van der Waals surface area contributed by atoms with E-state index in [9.17, 15) is 14.7 Å². The summed E-state index contributed by atoms with van der Waals surface area (Å²) in [5.74, 6) is -1.29. The summed E-state index contributed by atoms with van der Waals surface area (Å²) in [6.45, 7) is 8.82. The number of carboxylic acid groups (broad SMARTS) is 1. The van der Waals surface area contributed by atoms with Gasteiger partial charge in [-0.05, 0) is 6.92 Å². The van der Waals surface area contributed by atoms with Gasteiger partial charge in [0.25, 0.3) is 0 Å². The molecule has 0 bridgehead atoms. The molecule has 0 radical (unpaired) electrons. The maximum Gasteiger partial charge on any atom is 0.328 e. The Bertz CT molecular complexity index is 292. The van der Waals surface area contributed by atoms with Crippen molar-refractivity contribution in [1.29, 1.82) is 0 Å². The number of hydrogen-bond donors (Lipinski definition) is 3.